The molecule has 0 aromatic rings. The third kappa shape index (κ3) is 0.999. The van der Waals surface area contributed by atoms with Crippen molar-refractivity contribution in [2.24, 2.45) is 0 Å². The van der Waals surface area contributed by atoms with Gasteiger partial charge in [0.25, 0.3) is 0 Å². The molecular formula is C8H10Si2. The van der Waals surface area contributed by atoms with E-state index in [2.05, 4.69) is 47.1 Å². The van der Waals surface area contributed by atoms with Crippen molar-refractivity contribution in [2.75, 3.05) is 0 Å². The van der Waals surface area contributed by atoms with Crippen LogP contribution in [-0.2, 0) is 0 Å². The Kier molecular flexibility index (Phi) is 1.57. The summed E-state index contributed by atoms with van der Waals surface area (Å²) in [6, 6.07) is 0. The van der Waals surface area contributed by atoms with Crippen LogP contribution in [0.3, 0.4) is 0 Å². The lowest BCUT2D eigenvalue weighted by Crippen LogP contribution is -2.26. The van der Waals surface area contributed by atoms with E-state index in [-0.39, 0.29) is 0 Å². The van der Waals surface area contributed by atoms with Crippen molar-refractivity contribution < 1.29 is 0 Å². The monoisotopic (exact) mass is 162 g/mol. The number of allylic oxidation sites excluding steroid dienone is 4. The van der Waals surface area contributed by atoms with Crippen molar-refractivity contribution in [3.8, 4) is 0 Å². The van der Waals surface area contributed by atoms with Crippen molar-refractivity contribution in [1.82, 2.24) is 0 Å². The second-order valence-electron chi connectivity index (χ2n) is 2.69. The maximum Gasteiger partial charge on any atom is 0.0837 e. The Balaban J connectivity index is 2.12. The van der Waals surface area contributed by atoms with Crippen LogP contribution in [0.15, 0.2) is 47.1 Å². The van der Waals surface area contributed by atoms with Gasteiger partial charge in [-0.25, -0.2) is 0 Å². The van der Waals surface area contributed by atoms with Gasteiger partial charge in [-0.2, -0.15) is 0 Å². The lowest BCUT2D eigenvalue weighted by Gasteiger charge is -2.04. The van der Waals surface area contributed by atoms with Gasteiger partial charge >= 0.3 is 0 Å². The first-order valence-electron chi connectivity index (χ1n) is 3.67. The number of hydrogen-bond acceptors (Lipinski definition) is 0. The second-order valence-corrected chi connectivity index (χ2v) is 11.2. The summed E-state index contributed by atoms with van der Waals surface area (Å²) in [5, 5.41) is 0. The zero-order valence-electron chi connectivity index (χ0n) is 5.77. The van der Waals surface area contributed by atoms with Crippen molar-refractivity contribution in [1.29, 1.82) is 0 Å². The van der Waals surface area contributed by atoms with Gasteiger partial charge in [-0.3, -0.25) is 0 Å². The molecule has 0 aliphatic carbocycles. The zero-order chi connectivity index (χ0) is 6.81. The van der Waals surface area contributed by atoms with Crippen LogP contribution in [0.4, 0.5) is 0 Å². The standard InChI is InChI=1S/C8H10Si2/c1-2-6-9(5-1)10-7-3-4-8-10/h1-10H. The van der Waals surface area contributed by atoms with Crippen LogP contribution in [0.1, 0.15) is 0 Å². The molecule has 2 aliphatic rings. The Morgan fingerprint density at radius 2 is 0.800 bits per heavy atom. The zero-order valence-corrected chi connectivity index (χ0v) is 8.08. The Morgan fingerprint density at radius 1 is 0.500 bits per heavy atom. The predicted octanol–water partition coefficient (Wildman–Crippen LogP) is 0.928. The average Bonchev–Trinajstić information content (AvgIpc) is 2.59. The molecule has 0 unspecified atom stereocenters. The maximum absolute atomic E-state index is 2.44. The third-order valence-electron chi connectivity index (χ3n) is 2.00. The molecule has 0 bridgehead atoms. The fourth-order valence-corrected chi connectivity index (χ4v) is 8.85. The minimum atomic E-state index is -0.529. The second kappa shape index (κ2) is 2.56. The molecule has 0 amide bonds. The van der Waals surface area contributed by atoms with E-state index in [1.165, 1.54) is 0 Å². The molecule has 50 valence electrons. The van der Waals surface area contributed by atoms with Gasteiger partial charge in [-0.05, 0) is 0 Å². The molecule has 0 aromatic carbocycles. The highest BCUT2D eigenvalue weighted by Gasteiger charge is 2.17. The first-order valence-corrected chi connectivity index (χ1v) is 9.00. The molecule has 0 atom stereocenters. The van der Waals surface area contributed by atoms with Crippen LogP contribution in [-0.4, -0.2) is 16.6 Å². The highest BCUT2D eigenvalue weighted by Crippen LogP contribution is 2.08. The summed E-state index contributed by atoms with van der Waals surface area (Å²) in [7, 11) is -1.06. The van der Waals surface area contributed by atoms with E-state index in [1.54, 1.807) is 0 Å². The van der Waals surface area contributed by atoms with E-state index < -0.39 is 16.6 Å². The lowest BCUT2D eigenvalue weighted by atomic mass is 10.6. The first-order chi connectivity index (χ1) is 4.97. The third-order valence-corrected chi connectivity index (χ3v) is 10.9. The Labute approximate surface area is 64.3 Å². The normalized spacial score (nSPS) is 23.6. The topological polar surface area (TPSA) is 0 Å². The van der Waals surface area contributed by atoms with Gasteiger partial charge in [0.2, 0.25) is 0 Å². The van der Waals surface area contributed by atoms with Gasteiger partial charge in [-0.1, -0.05) is 47.1 Å². The summed E-state index contributed by atoms with van der Waals surface area (Å²) in [4.78, 5) is 0. The fraction of sp³-hybridized carbons (Fsp3) is 0. The minimum Gasteiger partial charge on any atom is -0.0954 e. The van der Waals surface area contributed by atoms with Crippen molar-refractivity contribution in [2.45, 2.75) is 0 Å². The van der Waals surface area contributed by atoms with Crippen molar-refractivity contribution >= 4 is 16.6 Å². The Morgan fingerprint density at radius 3 is 1.10 bits per heavy atom. The van der Waals surface area contributed by atoms with Gasteiger partial charge < -0.3 is 0 Å². The highest BCUT2D eigenvalue weighted by atomic mass is 29.2. The highest BCUT2D eigenvalue weighted by molar-refractivity contribution is 7.31. The van der Waals surface area contributed by atoms with E-state index in [9.17, 15) is 0 Å². The molecule has 0 aromatic heterocycles. The van der Waals surface area contributed by atoms with Crippen molar-refractivity contribution in [3.05, 3.63) is 47.1 Å². The largest absolute Gasteiger partial charge is 0.0954 e. The van der Waals surface area contributed by atoms with E-state index >= 15 is 0 Å². The van der Waals surface area contributed by atoms with Gasteiger partial charge in [-0.15, -0.1) is 0 Å². The van der Waals surface area contributed by atoms with Gasteiger partial charge in [0.1, 0.15) is 0 Å². The molecule has 0 N–H and O–H groups in total. The maximum atomic E-state index is 2.44. The Bertz CT molecular complexity index is 186. The van der Waals surface area contributed by atoms with Crippen molar-refractivity contribution in [3.63, 3.8) is 0 Å². The fourth-order valence-electron chi connectivity index (χ4n) is 1.41. The summed E-state index contributed by atoms with van der Waals surface area (Å²) < 4.78 is 0. The smallest absolute Gasteiger partial charge is 0.0837 e. The summed E-state index contributed by atoms with van der Waals surface area (Å²) in [6.07, 6.45) is 8.85. The molecule has 2 heterocycles. The molecule has 10 heavy (non-hydrogen) atoms. The van der Waals surface area contributed by atoms with Crippen LogP contribution in [0.25, 0.3) is 0 Å². The molecule has 2 rings (SSSR count). The van der Waals surface area contributed by atoms with Gasteiger partial charge in [0.15, 0.2) is 0 Å². The average molecular weight is 162 g/mol. The molecule has 0 saturated carbocycles. The predicted molar refractivity (Wildman–Crippen MR) is 50.9 cm³/mol. The van der Waals surface area contributed by atoms with Crippen LogP contribution in [0, 0.1) is 0 Å². The van der Waals surface area contributed by atoms with E-state index in [0.717, 1.165) is 0 Å². The summed E-state index contributed by atoms with van der Waals surface area (Å²) in [5.41, 5.74) is 9.77. The van der Waals surface area contributed by atoms with E-state index in [1.807, 2.05) is 0 Å². The number of hydrogen-bond donors (Lipinski definition) is 0. The molecule has 0 spiro atoms. The van der Waals surface area contributed by atoms with Crippen LogP contribution in [0.2, 0.25) is 0 Å². The van der Waals surface area contributed by atoms with Gasteiger partial charge in [0.05, 0.1) is 16.6 Å². The number of rotatable bonds is 1. The van der Waals surface area contributed by atoms with E-state index in [4.69, 9.17) is 0 Å². The lowest BCUT2D eigenvalue weighted by molar-refractivity contribution is 2.15. The summed E-state index contributed by atoms with van der Waals surface area (Å²) in [5.74, 6) is 0. The SMILES string of the molecule is C1=C[SiH]([SiH]2C=CC=C2)C=C1. The molecule has 0 nitrogen and oxygen atoms in total. The molecule has 0 fully saturated rings. The van der Waals surface area contributed by atoms with Crippen LogP contribution >= 0.6 is 0 Å². The molecule has 2 aliphatic heterocycles. The minimum absolute atomic E-state index is 0.529. The molecule has 2 heteroatoms. The molecule has 0 saturated heterocycles. The van der Waals surface area contributed by atoms with E-state index in [0.29, 0.717) is 0 Å². The molecular weight excluding hydrogens is 152 g/mol. The van der Waals surface area contributed by atoms with Crippen LogP contribution in [0.5, 0.6) is 0 Å². The summed E-state index contributed by atoms with van der Waals surface area (Å²) >= 11 is 0. The Hall–Kier alpha value is -0.606. The summed E-state index contributed by atoms with van der Waals surface area (Å²) in [6.45, 7) is 0. The first kappa shape index (κ1) is 6.13. The molecule has 0 radical (unpaired) electrons. The van der Waals surface area contributed by atoms with Crippen LogP contribution < -0.4 is 0 Å². The van der Waals surface area contributed by atoms with Gasteiger partial charge in [0, 0.05) is 0 Å². The quantitative estimate of drug-likeness (QED) is 0.503.